The second kappa shape index (κ2) is 12.2. The van der Waals surface area contributed by atoms with Crippen LogP contribution < -0.4 is 9.47 Å². The molecule has 3 aromatic rings. The highest BCUT2D eigenvalue weighted by molar-refractivity contribution is 7.81. The lowest BCUT2D eigenvalue weighted by Crippen LogP contribution is -2.61. The predicted molar refractivity (Wildman–Crippen MR) is 138 cm³/mol. The summed E-state index contributed by atoms with van der Waals surface area (Å²) in [7, 11) is 1.77. The largest absolute Gasteiger partial charge is 0.486 e. The number of thiol groups is 1. The van der Waals surface area contributed by atoms with Crippen molar-refractivity contribution in [3.8, 4) is 11.5 Å². The Balaban J connectivity index is 0.00000400. The van der Waals surface area contributed by atoms with E-state index < -0.39 is 47.9 Å². The van der Waals surface area contributed by atoms with Crippen molar-refractivity contribution in [2.45, 2.75) is 49.0 Å². The molecule has 5 N–H and O–H groups in total. The van der Waals surface area contributed by atoms with Crippen molar-refractivity contribution in [3.63, 3.8) is 0 Å². The molecule has 14 heteroatoms. The zero-order chi connectivity index (χ0) is 26.9. The van der Waals surface area contributed by atoms with Gasteiger partial charge in [0.25, 0.3) is 0 Å². The third-order valence-corrected chi connectivity index (χ3v) is 6.42. The maximum atomic E-state index is 11.3. The van der Waals surface area contributed by atoms with Crippen LogP contribution in [0.5, 0.6) is 11.5 Å². The number of rotatable bonds is 9. The fraction of sp³-hybridized carbons (Fsp3) is 0.375. The quantitative estimate of drug-likeness (QED) is 0.200. The Labute approximate surface area is 228 Å². The van der Waals surface area contributed by atoms with Gasteiger partial charge < -0.3 is 44.3 Å². The number of benzene rings is 2. The van der Waals surface area contributed by atoms with E-state index in [2.05, 4.69) is 17.6 Å². The third-order valence-electron chi connectivity index (χ3n) is 6.02. The molecule has 4 rings (SSSR count). The molecule has 1 aliphatic rings. The zero-order valence-electron chi connectivity index (χ0n) is 19.9. The van der Waals surface area contributed by atoms with Crippen molar-refractivity contribution in [1.82, 2.24) is 9.55 Å². The molecule has 0 radical (unpaired) electrons. The Morgan fingerprint density at radius 1 is 1.05 bits per heavy atom. The molecule has 0 saturated carbocycles. The number of nitrogens with zero attached hydrogens (tertiary/aromatic N) is 2. The lowest BCUT2D eigenvalue weighted by molar-refractivity contribution is -0.271. The average Bonchev–Trinajstić information content (AvgIpc) is 3.18. The SMILES string of the molecule is Cl.Cn1c(COc2ccc(CC(S)C(=O)O)cc2)nc2ccc(O[C@@H]3OC(C(=O)O)[C@@H](O)[C@@H](O)C3O)cc21. The monoisotopic (exact) mass is 570 g/mol. The number of aliphatic hydroxyl groups excluding tert-OH is 3. The summed E-state index contributed by atoms with van der Waals surface area (Å²) >= 11 is 4.04. The summed E-state index contributed by atoms with van der Waals surface area (Å²) in [5.74, 6) is -1.10. The van der Waals surface area contributed by atoms with Crippen LogP contribution in [0.15, 0.2) is 42.5 Å². The first-order valence-corrected chi connectivity index (χ1v) is 11.7. The molecule has 6 atom stereocenters. The van der Waals surface area contributed by atoms with E-state index >= 15 is 0 Å². The minimum absolute atomic E-state index is 0. The fourth-order valence-corrected chi connectivity index (χ4v) is 4.10. The summed E-state index contributed by atoms with van der Waals surface area (Å²) in [5.41, 5.74) is 2.09. The van der Waals surface area contributed by atoms with E-state index in [0.29, 0.717) is 22.6 Å². The molecule has 1 aromatic heterocycles. The summed E-state index contributed by atoms with van der Waals surface area (Å²) in [6.07, 6.45) is -8.26. The number of carboxylic acid groups (broad SMARTS) is 2. The summed E-state index contributed by atoms with van der Waals surface area (Å²) in [4.78, 5) is 26.8. The maximum absolute atomic E-state index is 11.3. The number of fused-ring (bicyclic) bond motifs is 1. The molecule has 2 heterocycles. The van der Waals surface area contributed by atoms with Crippen molar-refractivity contribution >= 4 is 48.0 Å². The molecule has 12 nitrogen and oxygen atoms in total. The Morgan fingerprint density at radius 3 is 2.34 bits per heavy atom. The molecule has 0 amide bonds. The lowest BCUT2D eigenvalue weighted by atomic mass is 9.99. The smallest absolute Gasteiger partial charge is 0.335 e. The topological polar surface area (TPSA) is 181 Å². The third kappa shape index (κ3) is 6.31. The van der Waals surface area contributed by atoms with Crippen LogP contribution in [-0.2, 0) is 34.4 Å². The van der Waals surface area contributed by atoms with E-state index in [-0.39, 0.29) is 31.2 Å². The molecular weight excluding hydrogens is 544 g/mol. The van der Waals surface area contributed by atoms with Gasteiger partial charge in [-0.05, 0) is 36.2 Å². The Hall–Kier alpha value is -3.07. The van der Waals surface area contributed by atoms with Crippen molar-refractivity contribution in [2.24, 2.45) is 7.05 Å². The minimum atomic E-state index is -1.81. The molecule has 0 aliphatic carbocycles. The van der Waals surface area contributed by atoms with Crippen LogP contribution in [0.2, 0.25) is 0 Å². The second-order valence-corrected chi connectivity index (χ2v) is 9.20. The van der Waals surface area contributed by atoms with Gasteiger partial charge in [-0.15, -0.1) is 12.4 Å². The first-order chi connectivity index (χ1) is 17.5. The number of aliphatic hydroxyl groups is 3. The summed E-state index contributed by atoms with van der Waals surface area (Å²) in [6, 6.07) is 11.8. The molecule has 2 aromatic carbocycles. The van der Waals surface area contributed by atoms with Gasteiger partial charge in [0.05, 0.1) is 11.0 Å². The highest BCUT2D eigenvalue weighted by Crippen LogP contribution is 2.27. The van der Waals surface area contributed by atoms with Gasteiger partial charge in [0.1, 0.15) is 47.5 Å². The van der Waals surface area contributed by atoms with Crippen LogP contribution in [0.3, 0.4) is 0 Å². The van der Waals surface area contributed by atoms with E-state index in [9.17, 15) is 30.0 Å². The minimum Gasteiger partial charge on any atom is -0.486 e. The molecule has 38 heavy (non-hydrogen) atoms. The van der Waals surface area contributed by atoms with Crippen LogP contribution in [0.1, 0.15) is 11.4 Å². The van der Waals surface area contributed by atoms with Crippen LogP contribution in [0.4, 0.5) is 0 Å². The van der Waals surface area contributed by atoms with E-state index in [4.69, 9.17) is 19.3 Å². The number of carbonyl (C=O) groups is 2. The van der Waals surface area contributed by atoms with Gasteiger partial charge in [0, 0.05) is 13.1 Å². The van der Waals surface area contributed by atoms with E-state index in [1.807, 2.05) is 0 Å². The second-order valence-electron chi connectivity index (χ2n) is 8.58. The van der Waals surface area contributed by atoms with Gasteiger partial charge in [-0.2, -0.15) is 12.6 Å². The molecule has 1 fully saturated rings. The molecular formula is C24H27ClN2O10S. The van der Waals surface area contributed by atoms with Crippen LogP contribution in [0, 0.1) is 0 Å². The highest BCUT2D eigenvalue weighted by Gasteiger charge is 2.48. The van der Waals surface area contributed by atoms with Crippen LogP contribution in [-0.4, -0.2) is 83.0 Å². The number of aryl methyl sites for hydroxylation is 1. The van der Waals surface area contributed by atoms with Crippen molar-refractivity contribution < 1.29 is 49.3 Å². The molecule has 1 saturated heterocycles. The van der Waals surface area contributed by atoms with Gasteiger partial charge in [0.15, 0.2) is 6.10 Å². The van der Waals surface area contributed by atoms with E-state index in [1.54, 1.807) is 54.1 Å². The van der Waals surface area contributed by atoms with Gasteiger partial charge >= 0.3 is 11.9 Å². The summed E-state index contributed by atoms with van der Waals surface area (Å²) in [5, 5.41) is 47.4. The Morgan fingerprint density at radius 2 is 1.71 bits per heavy atom. The van der Waals surface area contributed by atoms with Gasteiger partial charge in [0.2, 0.25) is 6.29 Å². The standard InChI is InChI=1S/C24H26N2O10S.ClH/c1-26-15-9-13(35-24-20(29)18(27)19(28)21(36-24)23(32)33)6-7-14(15)25-17(26)10-34-12-4-2-11(3-5-12)8-16(37)22(30)31;/h2-7,9,16,18-21,24,27-29,37H,8,10H2,1H3,(H,30,31)(H,32,33);1H/t16?,18-,19+,20?,21?,24-;/m1./s1. The molecule has 0 spiro atoms. The number of aliphatic carboxylic acids is 2. The number of halogens is 1. The van der Waals surface area contributed by atoms with Crippen molar-refractivity contribution in [3.05, 3.63) is 53.9 Å². The average molecular weight is 571 g/mol. The number of carboxylic acids is 2. The van der Waals surface area contributed by atoms with E-state index in [0.717, 1.165) is 5.56 Å². The molecule has 0 bridgehead atoms. The number of hydrogen-bond acceptors (Lipinski definition) is 10. The molecule has 206 valence electrons. The summed E-state index contributed by atoms with van der Waals surface area (Å²) < 4.78 is 18.4. The lowest BCUT2D eigenvalue weighted by Gasteiger charge is -2.38. The number of imidazole rings is 1. The van der Waals surface area contributed by atoms with Gasteiger partial charge in [-0.1, -0.05) is 12.1 Å². The Bertz CT molecular complexity index is 1290. The summed E-state index contributed by atoms with van der Waals surface area (Å²) in [6.45, 7) is 0.139. The maximum Gasteiger partial charge on any atom is 0.335 e. The molecule has 3 unspecified atom stereocenters. The predicted octanol–water partition coefficient (Wildman–Crippen LogP) is 0.771. The number of hydrogen-bond donors (Lipinski definition) is 6. The van der Waals surface area contributed by atoms with Crippen LogP contribution >= 0.6 is 25.0 Å². The Kier molecular flexibility index (Phi) is 9.46. The van der Waals surface area contributed by atoms with Crippen molar-refractivity contribution in [2.75, 3.05) is 0 Å². The van der Waals surface area contributed by atoms with Crippen molar-refractivity contribution in [1.29, 1.82) is 0 Å². The first-order valence-electron chi connectivity index (χ1n) is 11.2. The number of aromatic nitrogens is 2. The number of ether oxygens (including phenoxy) is 3. The van der Waals surface area contributed by atoms with Gasteiger partial charge in [-0.25, -0.2) is 9.78 Å². The molecule has 1 aliphatic heterocycles. The first kappa shape index (κ1) is 29.5. The van der Waals surface area contributed by atoms with Crippen LogP contribution in [0.25, 0.3) is 11.0 Å². The highest BCUT2D eigenvalue weighted by atomic mass is 35.5. The zero-order valence-corrected chi connectivity index (χ0v) is 21.7. The van der Waals surface area contributed by atoms with Gasteiger partial charge in [-0.3, -0.25) is 4.79 Å². The normalized spacial score (nSPS) is 23.9. The van der Waals surface area contributed by atoms with E-state index in [1.165, 1.54) is 0 Å². The fourth-order valence-electron chi connectivity index (χ4n) is 3.89.